The van der Waals surface area contributed by atoms with Crippen LogP contribution >= 0.6 is 42.5 Å². The highest BCUT2D eigenvalue weighted by Gasteiger charge is 2.39. The van der Waals surface area contributed by atoms with Crippen LogP contribution in [0.15, 0.2) is 21.1 Å². The van der Waals surface area contributed by atoms with Gasteiger partial charge >= 0.3 is 0 Å². The highest BCUT2D eigenvalue weighted by Crippen LogP contribution is 2.40. The average molecular weight is 463 g/mol. The van der Waals surface area contributed by atoms with Crippen molar-refractivity contribution in [1.82, 2.24) is 0 Å². The quantitative estimate of drug-likeness (QED) is 0.391. The van der Waals surface area contributed by atoms with Gasteiger partial charge in [0.2, 0.25) is 15.0 Å². The van der Waals surface area contributed by atoms with E-state index in [0.29, 0.717) is 14.6 Å². The van der Waals surface area contributed by atoms with Gasteiger partial charge in [-0.25, -0.2) is 8.42 Å². The molecule has 1 amide bonds. The normalized spacial score (nSPS) is 19.1. The van der Waals surface area contributed by atoms with Crippen molar-refractivity contribution >= 4 is 68.9 Å². The van der Waals surface area contributed by atoms with E-state index in [9.17, 15) is 23.3 Å². The molecule has 21 heavy (non-hydrogen) atoms. The maximum Gasteiger partial charge on any atom is 0.271 e. The standard InChI is InChI=1S/C10H7Br2ClN2O5S/c11-7-1-5(15(17)18)2-8(12)10(7)14-4-6(3-9(14)16)21(13,19)20/h1-2,6H,3-4H2. The van der Waals surface area contributed by atoms with Gasteiger partial charge in [0.1, 0.15) is 5.25 Å². The Morgan fingerprint density at radius 3 is 2.24 bits per heavy atom. The average Bonchev–Trinajstić information content (AvgIpc) is 2.70. The van der Waals surface area contributed by atoms with Crippen molar-refractivity contribution in [3.8, 4) is 0 Å². The second-order valence-corrected chi connectivity index (χ2v) is 8.94. The van der Waals surface area contributed by atoms with E-state index >= 15 is 0 Å². The number of anilines is 1. The minimum atomic E-state index is -3.85. The van der Waals surface area contributed by atoms with Crippen LogP contribution in [-0.2, 0) is 13.8 Å². The molecular formula is C10H7Br2ClN2O5S. The molecule has 1 atom stereocenters. The molecule has 1 saturated heterocycles. The lowest BCUT2D eigenvalue weighted by atomic mass is 10.2. The second-order valence-electron chi connectivity index (χ2n) is 4.32. The van der Waals surface area contributed by atoms with Crippen LogP contribution in [0.4, 0.5) is 11.4 Å². The summed E-state index contributed by atoms with van der Waals surface area (Å²) >= 11 is 6.33. The van der Waals surface area contributed by atoms with Crippen molar-refractivity contribution in [2.75, 3.05) is 11.4 Å². The molecule has 0 radical (unpaired) electrons. The summed E-state index contributed by atoms with van der Waals surface area (Å²) in [6.45, 7) is -0.0975. The number of benzene rings is 1. The third kappa shape index (κ3) is 3.38. The van der Waals surface area contributed by atoms with Crippen LogP contribution in [0, 0.1) is 10.1 Å². The molecule has 0 bridgehead atoms. The molecule has 1 aliphatic rings. The van der Waals surface area contributed by atoms with Gasteiger partial charge in [-0.3, -0.25) is 14.9 Å². The third-order valence-electron chi connectivity index (χ3n) is 2.97. The van der Waals surface area contributed by atoms with Crippen molar-refractivity contribution in [2.24, 2.45) is 0 Å². The molecule has 7 nitrogen and oxygen atoms in total. The van der Waals surface area contributed by atoms with Crippen LogP contribution in [0.3, 0.4) is 0 Å². The van der Waals surface area contributed by atoms with E-state index in [1.54, 1.807) is 0 Å². The fraction of sp³-hybridized carbons (Fsp3) is 0.300. The number of halogens is 3. The molecule has 0 spiro atoms. The number of nitro groups is 1. The zero-order valence-electron chi connectivity index (χ0n) is 10.1. The first kappa shape index (κ1) is 16.7. The summed E-state index contributed by atoms with van der Waals surface area (Å²) in [5.74, 6) is -0.417. The Morgan fingerprint density at radius 2 is 1.86 bits per heavy atom. The van der Waals surface area contributed by atoms with Crippen LogP contribution in [0.1, 0.15) is 6.42 Å². The molecule has 1 heterocycles. The first-order valence-electron chi connectivity index (χ1n) is 5.48. The van der Waals surface area contributed by atoms with Gasteiger partial charge in [-0.05, 0) is 31.9 Å². The summed E-state index contributed by atoms with van der Waals surface area (Å²) in [7, 11) is 1.43. The number of amides is 1. The van der Waals surface area contributed by atoms with E-state index < -0.39 is 25.1 Å². The summed E-state index contributed by atoms with van der Waals surface area (Å²) in [6, 6.07) is 2.49. The number of nitro benzene ring substituents is 1. The molecule has 1 unspecified atom stereocenters. The molecule has 1 aromatic carbocycles. The van der Waals surface area contributed by atoms with Crippen LogP contribution < -0.4 is 4.90 Å². The Labute approximate surface area is 141 Å². The van der Waals surface area contributed by atoms with Gasteiger partial charge in [-0.1, -0.05) is 0 Å². The van der Waals surface area contributed by atoms with E-state index in [1.165, 1.54) is 17.0 Å². The van der Waals surface area contributed by atoms with E-state index in [-0.39, 0.29) is 18.7 Å². The van der Waals surface area contributed by atoms with E-state index in [2.05, 4.69) is 31.9 Å². The van der Waals surface area contributed by atoms with Crippen molar-refractivity contribution in [3.63, 3.8) is 0 Å². The molecule has 11 heteroatoms. The Bertz CT molecular complexity index is 716. The lowest BCUT2D eigenvalue weighted by Crippen LogP contribution is -2.27. The van der Waals surface area contributed by atoms with E-state index in [4.69, 9.17) is 10.7 Å². The lowest BCUT2D eigenvalue weighted by Gasteiger charge is -2.19. The van der Waals surface area contributed by atoms with Crippen molar-refractivity contribution in [3.05, 3.63) is 31.2 Å². The number of hydrogen-bond donors (Lipinski definition) is 0. The first-order chi connectivity index (χ1) is 9.61. The summed E-state index contributed by atoms with van der Waals surface area (Å²) in [4.78, 5) is 23.4. The van der Waals surface area contributed by atoms with Crippen LogP contribution in [-0.4, -0.2) is 31.0 Å². The lowest BCUT2D eigenvalue weighted by molar-refractivity contribution is -0.385. The molecule has 0 aliphatic carbocycles. The summed E-state index contributed by atoms with van der Waals surface area (Å²) in [5.41, 5.74) is 0.180. The SMILES string of the molecule is O=C1CC(S(=O)(=O)Cl)CN1c1c(Br)cc([N+](=O)[O-])cc1Br. The number of non-ortho nitro benzene ring substituents is 1. The van der Waals surface area contributed by atoms with Gasteiger partial charge in [-0.15, -0.1) is 0 Å². The molecular weight excluding hydrogens is 455 g/mol. The number of carbonyl (C=O) groups excluding carboxylic acids is 1. The minimum Gasteiger partial charge on any atom is -0.309 e. The number of hydrogen-bond acceptors (Lipinski definition) is 5. The minimum absolute atomic E-state index is 0.0975. The van der Waals surface area contributed by atoms with Crippen LogP contribution in [0.2, 0.25) is 0 Å². The Morgan fingerprint density at radius 1 is 1.33 bits per heavy atom. The van der Waals surface area contributed by atoms with Crippen LogP contribution in [0.25, 0.3) is 0 Å². The van der Waals surface area contributed by atoms with Gasteiger partial charge in [0.15, 0.2) is 0 Å². The number of nitrogens with zero attached hydrogens (tertiary/aromatic N) is 2. The molecule has 1 aromatic rings. The fourth-order valence-electron chi connectivity index (χ4n) is 1.99. The Hall–Kier alpha value is -0.710. The zero-order valence-corrected chi connectivity index (χ0v) is 14.9. The maximum atomic E-state index is 12.0. The molecule has 0 saturated carbocycles. The molecule has 114 valence electrons. The predicted octanol–water partition coefficient (Wildman–Crippen LogP) is 2.79. The largest absolute Gasteiger partial charge is 0.309 e. The van der Waals surface area contributed by atoms with Crippen molar-refractivity contribution in [1.29, 1.82) is 0 Å². The molecule has 2 rings (SSSR count). The topological polar surface area (TPSA) is 97.6 Å². The van der Waals surface area contributed by atoms with E-state index in [1.807, 2.05) is 0 Å². The smallest absolute Gasteiger partial charge is 0.271 e. The fourth-order valence-corrected chi connectivity index (χ4v) is 4.61. The highest BCUT2D eigenvalue weighted by atomic mass is 79.9. The summed E-state index contributed by atoms with van der Waals surface area (Å²) in [5, 5.41) is 9.77. The number of carbonyl (C=O) groups is 1. The van der Waals surface area contributed by atoms with Crippen molar-refractivity contribution < 1.29 is 18.1 Å². The predicted molar refractivity (Wildman–Crippen MR) is 84.0 cm³/mol. The third-order valence-corrected chi connectivity index (χ3v) is 6.05. The first-order valence-corrected chi connectivity index (χ1v) is 9.44. The highest BCUT2D eigenvalue weighted by molar-refractivity contribution is 9.11. The van der Waals surface area contributed by atoms with Gasteiger partial charge in [-0.2, -0.15) is 0 Å². The monoisotopic (exact) mass is 460 g/mol. The van der Waals surface area contributed by atoms with Crippen LogP contribution in [0.5, 0.6) is 0 Å². The van der Waals surface area contributed by atoms with Gasteiger partial charge < -0.3 is 4.90 Å². The second kappa shape index (κ2) is 5.82. The van der Waals surface area contributed by atoms with Crippen molar-refractivity contribution in [2.45, 2.75) is 11.7 Å². The Kier molecular flexibility index (Phi) is 4.62. The molecule has 0 aromatic heterocycles. The molecule has 1 fully saturated rings. The van der Waals surface area contributed by atoms with Gasteiger partial charge in [0, 0.05) is 44.7 Å². The van der Waals surface area contributed by atoms with E-state index in [0.717, 1.165) is 0 Å². The van der Waals surface area contributed by atoms with Gasteiger partial charge in [0.25, 0.3) is 5.69 Å². The molecule has 0 N–H and O–H groups in total. The molecule has 1 aliphatic heterocycles. The maximum absolute atomic E-state index is 12.0. The summed E-state index contributed by atoms with van der Waals surface area (Å²) < 4.78 is 23.3. The Balaban J connectivity index is 2.44. The zero-order chi connectivity index (χ0) is 15.9. The van der Waals surface area contributed by atoms with Gasteiger partial charge in [0.05, 0.1) is 10.6 Å². The number of rotatable bonds is 3. The summed E-state index contributed by atoms with van der Waals surface area (Å²) in [6.07, 6.45) is -0.221.